The molecule has 1 aliphatic rings. The standard InChI is InChI=1S/C18H16FNO3S/c1-23-12-18(11-20)16(13-7-9-14(19)10-8-13)17(18)24(21,22)15-5-3-2-4-6-15/h2-10,16-17H,12H2,1H3/t16-,17+,18+/m0/s1. The Morgan fingerprint density at radius 3 is 2.33 bits per heavy atom. The molecule has 0 N–H and O–H groups in total. The van der Waals surface area contributed by atoms with E-state index in [1.54, 1.807) is 18.2 Å². The van der Waals surface area contributed by atoms with Crippen LogP contribution in [0.25, 0.3) is 0 Å². The summed E-state index contributed by atoms with van der Waals surface area (Å²) in [6, 6.07) is 15.8. The van der Waals surface area contributed by atoms with E-state index < -0.39 is 32.2 Å². The van der Waals surface area contributed by atoms with Gasteiger partial charge in [0.05, 0.1) is 22.8 Å². The molecule has 1 saturated carbocycles. The van der Waals surface area contributed by atoms with Gasteiger partial charge in [0.25, 0.3) is 0 Å². The zero-order chi connectivity index (χ0) is 17.4. The summed E-state index contributed by atoms with van der Waals surface area (Å²) in [5.74, 6) is -0.954. The molecule has 4 nitrogen and oxygen atoms in total. The third-order valence-electron chi connectivity index (χ3n) is 4.48. The van der Waals surface area contributed by atoms with Gasteiger partial charge in [0, 0.05) is 13.0 Å². The van der Waals surface area contributed by atoms with E-state index in [1.807, 2.05) is 0 Å². The van der Waals surface area contributed by atoms with Crippen molar-refractivity contribution in [2.75, 3.05) is 13.7 Å². The van der Waals surface area contributed by atoms with E-state index in [1.165, 1.54) is 43.5 Å². The van der Waals surface area contributed by atoms with Crippen LogP contribution in [-0.2, 0) is 14.6 Å². The number of nitriles is 1. The van der Waals surface area contributed by atoms with Crippen LogP contribution in [0.5, 0.6) is 0 Å². The van der Waals surface area contributed by atoms with Crippen molar-refractivity contribution >= 4 is 9.84 Å². The van der Waals surface area contributed by atoms with Crippen LogP contribution >= 0.6 is 0 Å². The van der Waals surface area contributed by atoms with Gasteiger partial charge in [-0.2, -0.15) is 5.26 Å². The monoisotopic (exact) mass is 345 g/mol. The van der Waals surface area contributed by atoms with Crippen LogP contribution in [-0.4, -0.2) is 27.4 Å². The second kappa shape index (κ2) is 6.00. The van der Waals surface area contributed by atoms with E-state index in [2.05, 4.69) is 6.07 Å². The molecule has 0 saturated heterocycles. The molecule has 0 radical (unpaired) electrons. The third kappa shape index (κ3) is 2.50. The van der Waals surface area contributed by atoms with E-state index in [-0.39, 0.29) is 11.5 Å². The Morgan fingerprint density at radius 1 is 1.17 bits per heavy atom. The van der Waals surface area contributed by atoms with Crippen molar-refractivity contribution in [3.8, 4) is 6.07 Å². The molecule has 0 unspecified atom stereocenters. The molecule has 0 bridgehead atoms. The molecule has 6 heteroatoms. The van der Waals surface area contributed by atoms with Crippen LogP contribution in [0.3, 0.4) is 0 Å². The van der Waals surface area contributed by atoms with E-state index in [9.17, 15) is 18.1 Å². The summed E-state index contributed by atoms with van der Waals surface area (Å²) in [5.41, 5.74) is -0.541. The smallest absolute Gasteiger partial charge is 0.183 e. The molecule has 1 aliphatic carbocycles. The van der Waals surface area contributed by atoms with Crippen LogP contribution in [0.15, 0.2) is 59.5 Å². The fourth-order valence-electron chi connectivity index (χ4n) is 3.34. The summed E-state index contributed by atoms with van der Waals surface area (Å²) in [6.07, 6.45) is 0. The number of methoxy groups -OCH3 is 1. The molecule has 1 fully saturated rings. The molecular weight excluding hydrogens is 329 g/mol. The van der Waals surface area contributed by atoms with Gasteiger partial charge in [0.2, 0.25) is 0 Å². The minimum Gasteiger partial charge on any atom is -0.383 e. The third-order valence-corrected chi connectivity index (χ3v) is 6.77. The Hall–Kier alpha value is -2.23. The molecule has 0 spiro atoms. The van der Waals surface area contributed by atoms with Crippen LogP contribution < -0.4 is 0 Å². The highest BCUT2D eigenvalue weighted by Crippen LogP contribution is 2.63. The molecule has 3 rings (SSSR count). The minimum atomic E-state index is -3.71. The quantitative estimate of drug-likeness (QED) is 0.836. The normalized spacial score (nSPS) is 25.9. The molecule has 3 atom stereocenters. The number of rotatable bonds is 5. The lowest BCUT2D eigenvalue weighted by Crippen LogP contribution is -2.19. The molecule has 0 aliphatic heterocycles. The molecule has 2 aromatic carbocycles. The summed E-state index contributed by atoms with van der Waals surface area (Å²) < 4.78 is 44.3. The first kappa shape index (κ1) is 16.6. The Morgan fingerprint density at radius 2 is 1.79 bits per heavy atom. The zero-order valence-electron chi connectivity index (χ0n) is 13.0. The van der Waals surface area contributed by atoms with Gasteiger partial charge in [-0.15, -0.1) is 0 Å². The fourth-order valence-corrected chi connectivity index (χ4v) is 5.67. The van der Waals surface area contributed by atoms with E-state index >= 15 is 0 Å². The van der Waals surface area contributed by atoms with E-state index in [0.717, 1.165) is 0 Å². The molecule has 0 amide bonds. The van der Waals surface area contributed by atoms with Crippen LogP contribution in [0.4, 0.5) is 4.39 Å². The van der Waals surface area contributed by atoms with Crippen molar-refractivity contribution < 1.29 is 17.5 Å². The average molecular weight is 345 g/mol. The highest BCUT2D eigenvalue weighted by molar-refractivity contribution is 7.92. The van der Waals surface area contributed by atoms with Gasteiger partial charge in [-0.3, -0.25) is 0 Å². The molecule has 0 aromatic heterocycles. The maximum atomic E-state index is 13.2. The van der Waals surface area contributed by atoms with Crippen molar-refractivity contribution in [1.29, 1.82) is 5.26 Å². The van der Waals surface area contributed by atoms with Crippen molar-refractivity contribution in [1.82, 2.24) is 0 Å². The second-order valence-corrected chi connectivity index (χ2v) is 7.96. The minimum absolute atomic E-state index is 0.00226. The highest BCUT2D eigenvalue weighted by atomic mass is 32.2. The van der Waals surface area contributed by atoms with Gasteiger partial charge in [0.15, 0.2) is 9.84 Å². The van der Waals surface area contributed by atoms with Gasteiger partial charge in [-0.1, -0.05) is 30.3 Å². The average Bonchev–Trinajstić information content (AvgIpc) is 3.26. The summed E-state index contributed by atoms with van der Waals surface area (Å²) in [4.78, 5) is 0.176. The highest BCUT2D eigenvalue weighted by Gasteiger charge is 2.72. The number of ether oxygens (including phenoxy) is 1. The first-order valence-corrected chi connectivity index (χ1v) is 8.96. The first-order valence-electron chi connectivity index (χ1n) is 7.42. The van der Waals surface area contributed by atoms with Gasteiger partial charge < -0.3 is 4.74 Å². The van der Waals surface area contributed by atoms with Crippen molar-refractivity contribution in [3.63, 3.8) is 0 Å². The SMILES string of the molecule is COC[C@@]1(C#N)[C@H](S(=O)(=O)c2ccccc2)[C@@H]1c1ccc(F)cc1. The summed E-state index contributed by atoms with van der Waals surface area (Å²) in [6.45, 7) is 0.00226. The lowest BCUT2D eigenvalue weighted by atomic mass is 10.0. The van der Waals surface area contributed by atoms with Crippen molar-refractivity contribution in [3.05, 3.63) is 66.0 Å². The van der Waals surface area contributed by atoms with Crippen molar-refractivity contribution in [2.24, 2.45) is 5.41 Å². The largest absolute Gasteiger partial charge is 0.383 e. The topological polar surface area (TPSA) is 67.2 Å². The lowest BCUT2D eigenvalue weighted by Gasteiger charge is -2.08. The number of benzene rings is 2. The summed E-state index contributed by atoms with van der Waals surface area (Å²) in [7, 11) is -2.28. The van der Waals surface area contributed by atoms with E-state index in [0.29, 0.717) is 5.56 Å². The molecule has 24 heavy (non-hydrogen) atoms. The fraction of sp³-hybridized carbons (Fsp3) is 0.278. The summed E-state index contributed by atoms with van der Waals surface area (Å²) >= 11 is 0. The van der Waals surface area contributed by atoms with Crippen LogP contribution in [0.1, 0.15) is 11.5 Å². The second-order valence-electron chi connectivity index (χ2n) is 5.89. The zero-order valence-corrected chi connectivity index (χ0v) is 13.8. The van der Waals surface area contributed by atoms with E-state index in [4.69, 9.17) is 4.74 Å². The van der Waals surface area contributed by atoms with Crippen LogP contribution in [0.2, 0.25) is 0 Å². The maximum absolute atomic E-state index is 13.2. The molecule has 124 valence electrons. The number of nitrogens with zero attached hydrogens (tertiary/aromatic N) is 1. The molecule has 0 heterocycles. The summed E-state index contributed by atoms with van der Waals surface area (Å²) in [5, 5.41) is 8.77. The predicted molar refractivity (Wildman–Crippen MR) is 86.5 cm³/mol. The molecule has 2 aromatic rings. The number of halogens is 1. The predicted octanol–water partition coefficient (Wildman–Crippen LogP) is 2.92. The van der Waals surface area contributed by atoms with Gasteiger partial charge >= 0.3 is 0 Å². The van der Waals surface area contributed by atoms with Gasteiger partial charge in [-0.05, 0) is 29.8 Å². The van der Waals surface area contributed by atoms with Crippen molar-refractivity contribution in [2.45, 2.75) is 16.1 Å². The molecular formula is C18H16FNO3S. The Balaban J connectivity index is 2.08. The first-order chi connectivity index (χ1) is 11.5. The number of hydrogen-bond acceptors (Lipinski definition) is 4. The Labute approximate surface area is 140 Å². The van der Waals surface area contributed by atoms with Crippen LogP contribution in [0, 0.1) is 22.6 Å². The number of hydrogen-bond donors (Lipinski definition) is 0. The van der Waals surface area contributed by atoms with Gasteiger partial charge in [0.1, 0.15) is 11.2 Å². The maximum Gasteiger partial charge on any atom is 0.183 e. The Kier molecular flexibility index (Phi) is 4.16. The number of sulfone groups is 1. The Bertz CT molecular complexity index is 875. The lowest BCUT2D eigenvalue weighted by molar-refractivity contribution is 0.162. The van der Waals surface area contributed by atoms with Gasteiger partial charge in [-0.25, -0.2) is 12.8 Å².